The van der Waals surface area contributed by atoms with Gasteiger partial charge >= 0.3 is 0 Å². The highest BCUT2D eigenvalue weighted by Crippen LogP contribution is 2.35. The van der Waals surface area contributed by atoms with Crippen molar-refractivity contribution in [1.82, 2.24) is 4.98 Å². The Bertz CT molecular complexity index is 825. The fourth-order valence-electron chi connectivity index (χ4n) is 2.67. The van der Waals surface area contributed by atoms with E-state index in [2.05, 4.69) is 22.1 Å². The number of hydrogen-bond donors (Lipinski definition) is 2. The minimum Gasteiger partial charge on any atom is -0.349 e. The molecule has 2 aliphatic rings. The van der Waals surface area contributed by atoms with E-state index in [4.69, 9.17) is 10.8 Å². The summed E-state index contributed by atoms with van der Waals surface area (Å²) in [6, 6.07) is 10.2. The first-order valence-corrected chi connectivity index (χ1v) is 7.79. The number of aliphatic imine (C=N–C) groups is 2. The predicted molar refractivity (Wildman–Crippen MR) is 87.5 cm³/mol. The van der Waals surface area contributed by atoms with Crippen LogP contribution >= 0.6 is 11.8 Å². The molecule has 1 aromatic carbocycles. The van der Waals surface area contributed by atoms with Crippen LogP contribution < -0.4 is 5.84 Å². The maximum absolute atomic E-state index is 6.57. The van der Waals surface area contributed by atoms with Gasteiger partial charge in [-0.2, -0.15) is 10.8 Å². The van der Waals surface area contributed by atoms with Crippen molar-refractivity contribution in [2.75, 3.05) is 6.26 Å². The van der Waals surface area contributed by atoms with Crippen LogP contribution in [0.2, 0.25) is 0 Å². The second-order valence-corrected chi connectivity index (χ2v) is 5.75. The van der Waals surface area contributed by atoms with E-state index in [-0.39, 0.29) is 4.59 Å². The molecule has 3 heterocycles. The summed E-state index contributed by atoms with van der Waals surface area (Å²) in [5.74, 6) is 7.35. The van der Waals surface area contributed by atoms with Gasteiger partial charge in [0.1, 0.15) is 11.9 Å². The maximum Gasteiger partial charge on any atom is 0.282 e. The van der Waals surface area contributed by atoms with E-state index >= 15 is 0 Å². The Labute approximate surface area is 126 Å². The molecule has 0 saturated heterocycles. The fourth-order valence-corrected chi connectivity index (χ4v) is 3.26. The first kappa shape index (κ1) is 12.6. The number of quaternary nitrogens is 1. The molecule has 21 heavy (non-hydrogen) atoms. The Hall–Kier alpha value is -2.15. The van der Waals surface area contributed by atoms with Gasteiger partial charge in [0.25, 0.3) is 5.84 Å². The van der Waals surface area contributed by atoms with Crippen LogP contribution in [0.1, 0.15) is 5.69 Å². The van der Waals surface area contributed by atoms with Gasteiger partial charge in [-0.15, -0.1) is 16.4 Å². The van der Waals surface area contributed by atoms with Gasteiger partial charge in [-0.25, -0.2) is 0 Å². The van der Waals surface area contributed by atoms with Gasteiger partial charge < -0.3 is 4.98 Å². The Morgan fingerprint density at radius 1 is 1.29 bits per heavy atom. The number of fused-ring (bicyclic) bond motifs is 2. The van der Waals surface area contributed by atoms with E-state index in [0.29, 0.717) is 0 Å². The predicted octanol–water partition coefficient (Wildman–Crippen LogP) is 2.71. The van der Waals surface area contributed by atoms with Crippen molar-refractivity contribution in [3.8, 4) is 0 Å². The third-order valence-electron chi connectivity index (χ3n) is 3.72. The third-order valence-corrected chi connectivity index (χ3v) is 4.41. The van der Waals surface area contributed by atoms with Crippen LogP contribution in [0.5, 0.6) is 0 Å². The van der Waals surface area contributed by atoms with Crippen LogP contribution in [0.25, 0.3) is 10.9 Å². The summed E-state index contributed by atoms with van der Waals surface area (Å²) < 4.78 is 0.0620. The lowest BCUT2D eigenvalue weighted by Crippen LogP contribution is -2.53. The molecule has 0 fully saturated rings. The quantitative estimate of drug-likeness (QED) is 0.661. The summed E-state index contributed by atoms with van der Waals surface area (Å²) >= 11 is 1.58. The molecule has 5 nitrogen and oxygen atoms in total. The molecule has 1 atom stereocenters. The van der Waals surface area contributed by atoms with Gasteiger partial charge in [0.15, 0.2) is 5.03 Å². The van der Waals surface area contributed by atoms with Gasteiger partial charge in [0.05, 0.1) is 12.4 Å². The number of nitrogens with one attached hydrogen (secondary N) is 1. The van der Waals surface area contributed by atoms with Crippen molar-refractivity contribution in [2.24, 2.45) is 15.8 Å². The highest BCUT2D eigenvalue weighted by atomic mass is 32.2. The number of aromatic nitrogens is 1. The number of amidine groups is 1. The summed E-state index contributed by atoms with van der Waals surface area (Å²) in [5, 5.41) is 2.05. The van der Waals surface area contributed by atoms with E-state index in [1.54, 1.807) is 24.2 Å². The Morgan fingerprint density at radius 3 is 2.95 bits per heavy atom. The number of nitrogens with two attached hydrogens (primary N) is 1. The smallest absolute Gasteiger partial charge is 0.282 e. The van der Waals surface area contributed by atoms with Gasteiger partial charge in [-0.3, -0.25) is 4.99 Å². The van der Waals surface area contributed by atoms with Crippen LogP contribution in [-0.2, 0) is 0 Å². The summed E-state index contributed by atoms with van der Waals surface area (Å²) in [6.45, 7) is 0. The number of hydrogen-bond acceptors (Lipinski definition) is 4. The minimum atomic E-state index is 0.0620. The fraction of sp³-hybridized carbons (Fsp3) is 0.0667. The van der Waals surface area contributed by atoms with Crippen molar-refractivity contribution in [3.63, 3.8) is 0 Å². The Kier molecular flexibility index (Phi) is 2.65. The van der Waals surface area contributed by atoms with Crippen molar-refractivity contribution in [2.45, 2.75) is 0 Å². The molecule has 0 saturated carbocycles. The molecule has 1 unspecified atom stereocenters. The first-order chi connectivity index (χ1) is 10.2. The molecule has 0 bridgehead atoms. The zero-order valence-corrected chi connectivity index (χ0v) is 12.3. The zero-order valence-electron chi connectivity index (χ0n) is 11.4. The molecule has 0 radical (unpaired) electrons. The highest BCUT2D eigenvalue weighted by Gasteiger charge is 2.44. The number of para-hydroxylation sites is 1. The summed E-state index contributed by atoms with van der Waals surface area (Å²) in [4.78, 5) is 12.3. The molecule has 0 spiro atoms. The zero-order chi connectivity index (χ0) is 14.4. The molecule has 104 valence electrons. The molecule has 0 aliphatic carbocycles. The average molecular weight is 296 g/mol. The molecule has 6 heteroatoms. The first-order valence-electron chi connectivity index (χ1n) is 6.57. The third kappa shape index (κ3) is 1.73. The van der Waals surface area contributed by atoms with E-state index in [1.807, 2.05) is 30.7 Å². The minimum absolute atomic E-state index is 0.0620. The number of allylic oxidation sites excluding steroid dienone is 1. The molecule has 1 aromatic heterocycles. The Balaban J connectivity index is 1.89. The summed E-state index contributed by atoms with van der Waals surface area (Å²) in [5.41, 5.74) is 2.91. The second kappa shape index (κ2) is 4.42. The standard InChI is InChI=1S/C15H14N5S/c1-21-15-13-9-17-6-7-20(13,16)14(19-15)12-8-10-4-2-3-5-11(10)18-12/h2-9,18H,16H2,1H3/q+1. The molecule has 4 rings (SSSR count). The molecule has 2 aliphatic heterocycles. The molecular weight excluding hydrogens is 282 g/mol. The van der Waals surface area contributed by atoms with Crippen molar-refractivity contribution in [3.05, 3.63) is 59.2 Å². The van der Waals surface area contributed by atoms with E-state index < -0.39 is 0 Å². The van der Waals surface area contributed by atoms with Crippen LogP contribution in [0, 0.1) is 0 Å². The summed E-state index contributed by atoms with van der Waals surface area (Å²) in [7, 11) is 0. The van der Waals surface area contributed by atoms with Crippen molar-refractivity contribution >= 4 is 34.7 Å². The maximum atomic E-state index is 6.57. The summed E-state index contributed by atoms with van der Waals surface area (Å²) in [6.07, 6.45) is 7.34. The second-order valence-electron chi connectivity index (χ2n) is 4.95. The van der Waals surface area contributed by atoms with Crippen LogP contribution in [0.3, 0.4) is 0 Å². The molecule has 3 N–H and O–H groups in total. The number of thioether (sulfide) groups is 1. The number of benzene rings is 1. The van der Waals surface area contributed by atoms with Gasteiger partial charge in [0, 0.05) is 10.9 Å². The highest BCUT2D eigenvalue weighted by molar-refractivity contribution is 8.02. The lowest BCUT2D eigenvalue weighted by molar-refractivity contribution is -0.750. The van der Waals surface area contributed by atoms with Crippen molar-refractivity contribution < 1.29 is 4.59 Å². The molecular formula is C15H14N5S+. The van der Waals surface area contributed by atoms with Crippen LogP contribution in [-0.4, -0.2) is 27.9 Å². The van der Waals surface area contributed by atoms with Gasteiger partial charge in [-0.1, -0.05) is 18.2 Å². The number of rotatable bonds is 2. The SMILES string of the molecule is CSC1=C2C=NC=C[N+]2(N)C(c2cc3ccccc3[nH]2)=N1. The van der Waals surface area contributed by atoms with E-state index in [9.17, 15) is 0 Å². The lowest BCUT2D eigenvalue weighted by atomic mass is 10.2. The largest absolute Gasteiger partial charge is 0.349 e. The molecule has 0 amide bonds. The lowest BCUT2D eigenvalue weighted by Gasteiger charge is -2.25. The average Bonchev–Trinajstić information content (AvgIpc) is 3.04. The van der Waals surface area contributed by atoms with Crippen LogP contribution in [0.15, 0.2) is 63.4 Å². The molecule has 2 aromatic rings. The van der Waals surface area contributed by atoms with Gasteiger partial charge in [-0.05, 0) is 18.4 Å². The number of H-pyrrole nitrogens is 1. The van der Waals surface area contributed by atoms with Gasteiger partial charge in [0.2, 0.25) is 5.70 Å². The topological polar surface area (TPSA) is 66.5 Å². The number of aromatic amines is 1. The monoisotopic (exact) mass is 296 g/mol. The number of nitrogens with zero attached hydrogens (tertiary/aromatic N) is 3. The van der Waals surface area contributed by atoms with Crippen LogP contribution in [0.4, 0.5) is 0 Å². The normalized spacial score (nSPS) is 23.8. The van der Waals surface area contributed by atoms with E-state index in [1.165, 1.54) is 0 Å². The van der Waals surface area contributed by atoms with E-state index in [0.717, 1.165) is 33.2 Å². The van der Waals surface area contributed by atoms with Crippen molar-refractivity contribution in [1.29, 1.82) is 0 Å². The Morgan fingerprint density at radius 2 is 2.14 bits per heavy atom.